The van der Waals surface area contributed by atoms with Crippen molar-refractivity contribution in [2.24, 2.45) is 0 Å². The molecule has 2 aromatic carbocycles. The molecule has 0 aliphatic rings. The maximum Gasteiger partial charge on any atom is 0.243 e. The van der Waals surface area contributed by atoms with Crippen LogP contribution in [0, 0.1) is 5.82 Å². The van der Waals surface area contributed by atoms with E-state index in [1.165, 1.54) is 24.3 Å². The van der Waals surface area contributed by atoms with Crippen LogP contribution in [-0.2, 0) is 21.4 Å². The first-order chi connectivity index (χ1) is 12.1. The molecule has 2 amide bonds. The molecule has 0 unspecified atom stereocenters. The van der Waals surface area contributed by atoms with Gasteiger partial charge in [-0.25, -0.2) is 4.39 Å². The predicted octanol–water partition coefficient (Wildman–Crippen LogP) is 3.13. The second-order valence-corrected chi connectivity index (χ2v) is 7.11. The fourth-order valence-corrected chi connectivity index (χ4v) is 2.37. The first kappa shape index (κ1) is 19.4. The van der Waals surface area contributed by atoms with Crippen LogP contribution in [0.4, 0.5) is 10.1 Å². The van der Waals surface area contributed by atoms with Crippen LogP contribution in [-0.4, -0.2) is 23.5 Å². The average molecular weight is 358 g/mol. The van der Waals surface area contributed by atoms with Gasteiger partial charge in [-0.1, -0.05) is 39.0 Å². The number of anilines is 1. The lowest BCUT2D eigenvalue weighted by Crippen LogP contribution is -2.33. The fraction of sp³-hybridized carbons (Fsp3) is 0.300. The number of carbonyl (C=O) groups excluding carboxylic acids is 2. The van der Waals surface area contributed by atoms with Gasteiger partial charge in [0.1, 0.15) is 11.6 Å². The van der Waals surface area contributed by atoms with Crippen LogP contribution in [0.2, 0.25) is 0 Å². The van der Waals surface area contributed by atoms with Gasteiger partial charge in [0.15, 0.2) is 0 Å². The van der Waals surface area contributed by atoms with Crippen molar-refractivity contribution in [2.45, 2.75) is 32.6 Å². The number of aromatic hydroxyl groups is 1. The van der Waals surface area contributed by atoms with Gasteiger partial charge in [0.05, 0.1) is 18.7 Å². The Labute approximate surface area is 152 Å². The zero-order valence-electron chi connectivity index (χ0n) is 15.1. The Morgan fingerprint density at radius 1 is 1.08 bits per heavy atom. The van der Waals surface area contributed by atoms with Gasteiger partial charge < -0.3 is 15.7 Å². The standard InChI is InChI=1S/C20H23FN2O3/c1-20(2,3)14-7-8-17(24)16(11-14)23-19(26)12-22-18(25)10-13-5-4-6-15(21)9-13/h4-9,11,24H,10,12H2,1-3H3,(H,22,25)(H,23,26). The molecule has 0 spiro atoms. The molecule has 3 N–H and O–H groups in total. The van der Waals surface area contributed by atoms with Crippen LogP contribution in [0.25, 0.3) is 0 Å². The second-order valence-electron chi connectivity index (χ2n) is 7.11. The third-order valence-corrected chi connectivity index (χ3v) is 3.84. The molecule has 0 bridgehead atoms. The molecule has 2 rings (SSSR count). The van der Waals surface area contributed by atoms with Crippen LogP contribution in [0.1, 0.15) is 31.9 Å². The van der Waals surface area contributed by atoms with E-state index < -0.39 is 17.6 Å². The minimum atomic E-state index is -0.459. The summed E-state index contributed by atoms with van der Waals surface area (Å²) in [6.07, 6.45) is -0.0181. The SMILES string of the molecule is CC(C)(C)c1ccc(O)c(NC(=O)CNC(=O)Cc2cccc(F)c2)c1. The average Bonchev–Trinajstić information content (AvgIpc) is 2.54. The third-order valence-electron chi connectivity index (χ3n) is 3.84. The van der Waals surface area contributed by atoms with Gasteiger partial charge in [-0.05, 0) is 40.8 Å². The molecule has 6 heteroatoms. The van der Waals surface area contributed by atoms with Gasteiger partial charge in [0.2, 0.25) is 11.8 Å². The summed E-state index contributed by atoms with van der Waals surface area (Å²) >= 11 is 0. The molecule has 0 heterocycles. The Balaban J connectivity index is 1.91. The Kier molecular flexibility index (Phi) is 5.97. The van der Waals surface area contributed by atoms with Crippen LogP contribution in [0.3, 0.4) is 0 Å². The lowest BCUT2D eigenvalue weighted by Gasteiger charge is -2.20. The number of rotatable bonds is 5. The van der Waals surface area contributed by atoms with Gasteiger partial charge >= 0.3 is 0 Å². The van der Waals surface area contributed by atoms with E-state index in [-0.39, 0.29) is 24.1 Å². The zero-order chi connectivity index (χ0) is 19.3. The predicted molar refractivity (Wildman–Crippen MR) is 98.6 cm³/mol. The summed E-state index contributed by atoms with van der Waals surface area (Å²) in [4.78, 5) is 23.9. The Morgan fingerprint density at radius 3 is 2.46 bits per heavy atom. The summed E-state index contributed by atoms with van der Waals surface area (Å²) in [6.45, 7) is 5.83. The smallest absolute Gasteiger partial charge is 0.243 e. The van der Waals surface area contributed by atoms with Gasteiger partial charge in [-0.3, -0.25) is 9.59 Å². The van der Waals surface area contributed by atoms with Crippen molar-refractivity contribution < 1.29 is 19.1 Å². The van der Waals surface area contributed by atoms with Crippen molar-refractivity contribution in [1.82, 2.24) is 5.32 Å². The summed E-state index contributed by atoms with van der Waals surface area (Å²) in [6, 6.07) is 10.8. The van der Waals surface area contributed by atoms with Crippen LogP contribution < -0.4 is 10.6 Å². The van der Waals surface area contributed by atoms with E-state index in [9.17, 15) is 19.1 Å². The van der Waals surface area contributed by atoms with Crippen molar-refractivity contribution in [1.29, 1.82) is 0 Å². The fourth-order valence-electron chi connectivity index (χ4n) is 2.37. The molecule has 0 atom stereocenters. The number of hydrogen-bond acceptors (Lipinski definition) is 3. The van der Waals surface area contributed by atoms with Crippen molar-refractivity contribution in [3.63, 3.8) is 0 Å². The highest BCUT2D eigenvalue weighted by Gasteiger charge is 2.16. The van der Waals surface area contributed by atoms with E-state index in [1.807, 2.05) is 20.8 Å². The molecule has 0 fully saturated rings. The summed E-state index contributed by atoms with van der Waals surface area (Å²) in [5.74, 6) is -1.31. The molecular formula is C20H23FN2O3. The topological polar surface area (TPSA) is 78.4 Å². The quantitative estimate of drug-likeness (QED) is 0.719. The molecule has 0 aliphatic heterocycles. The van der Waals surface area contributed by atoms with E-state index in [0.717, 1.165) is 5.56 Å². The second kappa shape index (κ2) is 7.99. The van der Waals surface area contributed by atoms with E-state index in [0.29, 0.717) is 11.3 Å². The molecule has 0 aromatic heterocycles. The Bertz CT molecular complexity index is 813. The van der Waals surface area contributed by atoms with E-state index >= 15 is 0 Å². The Morgan fingerprint density at radius 2 is 1.81 bits per heavy atom. The minimum absolute atomic E-state index is 0.0181. The van der Waals surface area contributed by atoms with Crippen molar-refractivity contribution >= 4 is 17.5 Å². The highest BCUT2D eigenvalue weighted by atomic mass is 19.1. The molecule has 0 saturated heterocycles. The maximum atomic E-state index is 13.1. The number of amides is 2. The van der Waals surface area contributed by atoms with E-state index in [4.69, 9.17) is 0 Å². The molecule has 0 aliphatic carbocycles. The highest BCUT2D eigenvalue weighted by Crippen LogP contribution is 2.30. The van der Waals surface area contributed by atoms with Gasteiger partial charge in [0.25, 0.3) is 0 Å². The van der Waals surface area contributed by atoms with Crippen molar-refractivity contribution in [3.05, 3.63) is 59.4 Å². The number of nitrogens with one attached hydrogen (secondary N) is 2. The molecular weight excluding hydrogens is 335 g/mol. The van der Waals surface area contributed by atoms with Crippen LogP contribution in [0.5, 0.6) is 5.75 Å². The number of halogens is 1. The van der Waals surface area contributed by atoms with Crippen LogP contribution >= 0.6 is 0 Å². The van der Waals surface area contributed by atoms with Crippen LogP contribution in [0.15, 0.2) is 42.5 Å². The largest absolute Gasteiger partial charge is 0.506 e. The molecule has 0 saturated carbocycles. The summed E-state index contributed by atoms with van der Waals surface area (Å²) in [5, 5.41) is 15.0. The first-order valence-electron chi connectivity index (χ1n) is 8.29. The molecule has 2 aromatic rings. The molecule has 5 nitrogen and oxygen atoms in total. The Hall–Kier alpha value is -2.89. The molecule has 0 radical (unpaired) electrons. The van der Waals surface area contributed by atoms with Gasteiger partial charge in [-0.2, -0.15) is 0 Å². The number of phenols is 1. The molecule has 138 valence electrons. The number of carbonyl (C=O) groups is 2. The number of benzene rings is 2. The normalized spacial score (nSPS) is 11.1. The number of phenolic OH excluding ortho intramolecular Hbond substituents is 1. The lowest BCUT2D eigenvalue weighted by molar-refractivity contribution is -0.123. The monoisotopic (exact) mass is 358 g/mol. The zero-order valence-corrected chi connectivity index (χ0v) is 15.1. The summed E-state index contributed by atoms with van der Waals surface area (Å²) in [5.41, 5.74) is 1.65. The van der Waals surface area contributed by atoms with Gasteiger partial charge in [-0.15, -0.1) is 0 Å². The third kappa shape index (κ3) is 5.58. The maximum absolute atomic E-state index is 13.1. The van der Waals surface area contributed by atoms with Gasteiger partial charge in [0, 0.05) is 0 Å². The van der Waals surface area contributed by atoms with Crippen molar-refractivity contribution in [3.8, 4) is 5.75 Å². The van der Waals surface area contributed by atoms with E-state index in [2.05, 4.69) is 10.6 Å². The first-order valence-corrected chi connectivity index (χ1v) is 8.29. The summed E-state index contributed by atoms with van der Waals surface area (Å²) in [7, 11) is 0. The highest BCUT2D eigenvalue weighted by molar-refractivity contribution is 5.95. The summed E-state index contributed by atoms with van der Waals surface area (Å²) < 4.78 is 13.1. The molecule has 26 heavy (non-hydrogen) atoms. The lowest BCUT2D eigenvalue weighted by atomic mass is 9.87. The van der Waals surface area contributed by atoms with E-state index in [1.54, 1.807) is 18.2 Å². The number of hydrogen-bond donors (Lipinski definition) is 3. The van der Waals surface area contributed by atoms with Crippen molar-refractivity contribution in [2.75, 3.05) is 11.9 Å². The minimum Gasteiger partial charge on any atom is -0.506 e.